The molecule has 4 rings (SSSR count). The van der Waals surface area contributed by atoms with E-state index in [9.17, 15) is 0 Å². The van der Waals surface area contributed by atoms with Crippen molar-refractivity contribution in [3.05, 3.63) is 88.4 Å². The summed E-state index contributed by atoms with van der Waals surface area (Å²) < 4.78 is 13.0. The molecule has 0 aliphatic rings. The fourth-order valence-electron chi connectivity index (χ4n) is 2.85. The average Bonchev–Trinajstić information content (AvgIpc) is 3.34. The fourth-order valence-corrected chi connectivity index (χ4v) is 3.78. The molecule has 0 saturated heterocycles. The van der Waals surface area contributed by atoms with Gasteiger partial charge in [0, 0.05) is 5.38 Å². The molecule has 5 heteroatoms. The second kappa shape index (κ2) is 7.68. The van der Waals surface area contributed by atoms with Crippen LogP contribution in [0.3, 0.4) is 0 Å². The van der Waals surface area contributed by atoms with Crippen LogP contribution in [0.1, 0.15) is 11.3 Å². The summed E-state index contributed by atoms with van der Waals surface area (Å²) in [5, 5.41) is 2.15. The summed E-state index contributed by atoms with van der Waals surface area (Å²) in [5.41, 5.74) is 4.43. The van der Waals surface area contributed by atoms with E-state index < -0.39 is 0 Å². The lowest BCUT2D eigenvalue weighted by Gasteiger charge is -2.08. The van der Waals surface area contributed by atoms with E-state index >= 15 is 0 Å². The molecular formula is C22H20N2O2S. The van der Waals surface area contributed by atoms with Crippen molar-refractivity contribution in [3.8, 4) is 17.0 Å². The third kappa shape index (κ3) is 3.88. The molecule has 0 N–H and O–H groups in total. The van der Waals surface area contributed by atoms with Crippen LogP contribution >= 0.6 is 11.3 Å². The van der Waals surface area contributed by atoms with E-state index in [-0.39, 0.29) is 0 Å². The largest absolute Gasteiger partial charge is 0.497 e. The highest BCUT2D eigenvalue weighted by molar-refractivity contribution is 7.07. The first-order chi connectivity index (χ1) is 13.2. The van der Waals surface area contributed by atoms with Crippen LogP contribution in [-0.4, -0.2) is 11.7 Å². The molecule has 0 spiro atoms. The summed E-state index contributed by atoms with van der Waals surface area (Å²) in [5.74, 6) is 1.72. The molecule has 2 aromatic carbocycles. The van der Waals surface area contributed by atoms with E-state index in [0.29, 0.717) is 6.54 Å². The van der Waals surface area contributed by atoms with Crippen molar-refractivity contribution < 1.29 is 9.15 Å². The first-order valence-corrected chi connectivity index (χ1v) is 9.57. The van der Waals surface area contributed by atoms with Gasteiger partial charge in [0.1, 0.15) is 11.5 Å². The summed E-state index contributed by atoms with van der Waals surface area (Å²) in [6.45, 7) is 2.73. The monoisotopic (exact) mass is 376 g/mol. The van der Waals surface area contributed by atoms with Gasteiger partial charge in [-0.1, -0.05) is 29.8 Å². The van der Waals surface area contributed by atoms with E-state index in [4.69, 9.17) is 14.1 Å². The minimum atomic E-state index is 0.634. The second-order valence-electron chi connectivity index (χ2n) is 6.24. The normalized spacial score (nSPS) is 11.7. The van der Waals surface area contributed by atoms with Crippen LogP contribution in [0.5, 0.6) is 5.75 Å². The van der Waals surface area contributed by atoms with Crippen molar-refractivity contribution in [1.82, 2.24) is 4.57 Å². The van der Waals surface area contributed by atoms with Gasteiger partial charge in [-0.3, -0.25) is 0 Å². The Morgan fingerprint density at radius 2 is 1.81 bits per heavy atom. The SMILES string of the molecule is COc1ccc(N=c2scc(-c3ccc(C)cc3)n2Cc2ccco2)cc1. The smallest absolute Gasteiger partial charge is 0.190 e. The third-order valence-electron chi connectivity index (χ3n) is 4.34. The zero-order valence-electron chi connectivity index (χ0n) is 15.3. The van der Waals surface area contributed by atoms with Crippen LogP contribution in [0.25, 0.3) is 11.3 Å². The molecule has 27 heavy (non-hydrogen) atoms. The maximum atomic E-state index is 5.58. The fraction of sp³-hybridized carbons (Fsp3) is 0.136. The van der Waals surface area contributed by atoms with E-state index in [1.54, 1.807) is 24.7 Å². The lowest BCUT2D eigenvalue weighted by atomic mass is 10.1. The summed E-state index contributed by atoms with van der Waals surface area (Å²) >= 11 is 1.63. The quantitative estimate of drug-likeness (QED) is 0.467. The molecule has 0 unspecified atom stereocenters. The van der Waals surface area contributed by atoms with Gasteiger partial charge in [-0.05, 0) is 48.9 Å². The molecule has 4 aromatic rings. The maximum absolute atomic E-state index is 5.58. The molecule has 0 fully saturated rings. The number of ether oxygens (including phenoxy) is 1. The number of thiazole rings is 1. The van der Waals surface area contributed by atoms with E-state index in [1.807, 2.05) is 36.4 Å². The van der Waals surface area contributed by atoms with Gasteiger partial charge in [0.15, 0.2) is 4.80 Å². The van der Waals surface area contributed by atoms with Gasteiger partial charge in [0.05, 0.1) is 31.3 Å². The van der Waals surface area contributed by atoms with Crippen LogP contribution in [0.4, 0.5) is 5.69 Å². The van der Waals surface area contributed by atoms with Gasteiger partial charge < -0.3 is 13.7 Å². The number of hydrogen-bond donors (Lipinski definition) is 0. The van der Waals surface area contributed by atoms with E-state index in [1.165, 1.54) is 11.1 Å². The Labute approximate surface area is 162 Å². The number of nitrogens with zero attached hydrogens (tertiary/aromatic N) is 2. The van der Waals surface area contributed by atoms with E-state index in [2.05, 4.69) is 41.1 Å². The lowest BCUT2D eigenvalue weighted by molar-refractivity contribution is 0.415. The molecule has 136 valence electrons. The summed E-state index contributed by atoms with van der Waals surface area (Å²) in [6, 6.07) is 20.2. The predicted octanol–water partition coefficient (Wildman–Crippen LogP) is 5.41. The van der Waals surface area contributed by atoms with Crippen molar-refractivity contribution in [3.63, 3.8) is 0 Å². The minimum Gasteiger partial charge on any atom is -0.497 e. The van der Waals surface area contributed by atoms with Gasteiger partial charge in [-0.2, -0.15) is 0 Å². The van der Waals surface area contributed by atoms with Gasteiger partial charge in [-0.15, -0.1) is 11.3 Å². The molecule has 0 aliphatic heterocycles. The number of benzene rings is 2. The number of hydrogen-bond acceptors (Lipinski definition) is 4. The Morgan fingerprint density at radius 1 is 1.04 bits per heavy atom. The van der Waals surface area contributed by atoms with Crippen molar-refractivity contribution in [2.75, 3.05) is 7.11 Å². The molecule has 0 atom stereocenters. The number of aryl methyl sites for hydroxylation is 1. The topological polar surface area (TPSA) is 39.7 Å². The van der Waals surface area contributed by atoms with Crippen molar-refractivity contribution in [2.45, 2.75) is 13.5 Å². The Hall–Kier alpha value is -3.05. The molecule has 0 aliphatic carbocycles. The van der Waals surface area contributed by atoms with Crippen molar-refractivity contribution in [1.29, 1.82) is 0 Å². The molecule has 0 bridgehead atoms. The average molecular weight is 376 g/mol. The Kier molecular flexibility index (Phi) is 4.94. The van der Waals surface area contributed by atoms with Gasteiger partial charge in [0.25, 0.3) is 0 Å². The Morgan fingerprint density at radius 3 is 2.48 bits per heavy atom. The highest BCUT2D eigenvalue weighted by Crippen LogP contribution is 2.23. The highest BCUT2D eigenvalue weighted by atomic mass is 32.1. The molecule has 0 amide bonds. The molecule has 0 radical (unpaired) electrons. The van der Waals surface area contributed by atoms with Gasteiger partial charge in [0.2, 0.25) is 0 Å². The number of methoxy groups -OCH3 is 1. The van der Waals surface area contributed by atoms with Crippen LogP contribution in [-0.2, 0) is 6.54 Å². The summed E-state index contributed by atoms with van der Waals surface area (Å²) in [4.78, 5) is 5.77. The van der Waals surface area contributed by atoms with Crippen molar-refractivity contribution in [2.24, 2.45) is 4.99 Å². The number of furan rings is 1. The Balaban J connectivity index is 1.80. The molecular weight excluding hydrogens is 356 g/mol. The second-order valence-corrected chi connectivity index (χ2v) is 7.08. The minimum absolute atomic E-state index is 0.634. The standard InChI is InChI=1S/C22H20N2O2S/c1-16-5-7-17(8-6-16)21-15-27-22(24(21)14-20-4-3-13-26-20)23-18-9-11-19(25-2)12-10-18/h3-13,15H,14H2,1-2H3. The number of aromatic nitrogens is 1. The zero-order valence-corrected chi connectivity index (χ0v) is 16.1. The van der Waals surface area contributed by atoms with Gasteiger partial charge >= 0.3 is 0 Å². The summed E-state index contributed by atoms with van der Waals surface area (Å²) in [6.07, 6.45) is 1.70. The first kappa shape index (κ1) is 17.4. The predicted molar refractivity (Wildman–Crippen MR) is 109 cm³/mol. The van der Waals surface area contributed by atoms with Crippen LogP contribution in [0.15, 0.2) is 81.7 Å². The molecule has 2 aromatic heterocycles. The van der Waals surface area contributed by atoms with Gasteiger partial charge in [-0.25, -0.2) is 4.99 Å². The first-order valence-electron chi connectivity index (χ1n) is 8.69. The van der Waals surface area contributed by atoms with Crippen LogP contribution in [0.2, 0.25) is 0 Å². The molecule has 4 nitrogen and oxygen atoms in total. The zero-order chi connectivity index (χ0) is 18.6. The number of rotatable bonds is 5. The third-order valence-corrected chi connectivity index (χ3v) is 5.20. The molecule has 0 saturated carbocycles. The maximum Gasteiger partial charge on any atom is 0.190 e. The summed E-state index contributed by atoms with van der Waals surface area (Å²) in [7, 11) is 1.66. The highest BCUT2D eigenvalue weighted by Gasteiger charge is 2.10. The lowest BCUT2D eigenvalue weighted by Crippen LogP contribution is -2.16. The Bertz CT molecular complexity index is 1070. The van der Waals surface area contributed by atoms with Crippen LogP contribution < -0.4 is 9.54 Å². The van der Waals surface area contributed by atoms with Crippen molar-refractivity contribution >= 4 is 17.0 Å². The molecule has 2 heterocycles. The van der Waals surface area contributed by atoms with E-state index in [0.717, 1.165) is 27.7 Å². The van der Waals surface area contributed by atoms with Crippen LogP contribution in [0, 0.1) is 6.92 Å².